The van der Waals surface area contributed by atoms with Crippen LogP contribution in [-0.4, -0.2) is 24.6 Å². The number of hydrogen-bond acceptors (Lipinski definition) is 2. The Morgan fingerprint density at radius 3 is 2.73 bits per heavy atom. The van der Waals surface area contributed by atoms with Crippen molar-refractivity contribution in [2.75, 3.05) is 19.5 Å². The quantitative estimate of drug-likeness (QED) is 0.798. The summed E-state index contributed by atoms with van der Waals surface area (Å²) in [6.45, 7) is 3.62. The van der Waals surface area contributed by atoms with Gasteiger partial charge in [0.2, 0.25) is 0 Å². The summed E-state index contributed by atoms with van der Waals surface area (Å²) in [5, 5.41) is 8.95. The molecule has 0 atom stereocenters. The summed E-state index contributed by atoms with van der Waals surface area (Å²) >= 11 is 0. The highest BCUT2D eigenvalue weighted by Crippen LogP contribution is 2.35. The van der Waals surface area contributed by atoms with E-state index in [1.807, 2.05) is 36.4 Å². The van der Waals surface area contributed by atoms with Crippen LogP contribution in [0.1, 0.15) is 11.1 Å². The first-order valence-electron chi connectivity index (χ1n) is 4.91. The van der Waals surface area contributed by atoms with Gasteiger partial charge in [0.05, 0.1) is 13.7 Å². The fourth-order valence-corrected chi connectivity index (χ4v) is 1.85. The molecule has 1 aromatic carbocycles. The van der Waals surface area contributed by atoms with E-state index in [2.05, 4.69) is 0 Å². The van der Waals surface area contributed by atoms with E-state index in [1.165, 1.54) is 0 Å². The van der Waals surface area contributed by atoms with Gasteiger partial charge < -0.3 is 9.67 Å². The van der Waals surface area contributed by atoms with Gasteiger partial charge in [-0.1, -0.05) is 30.4 Å². The Morgan fingerprint density at radius 1 is 1.40 bits per heavy atom. The molecule has 0 saturated heterocycles. The third-order valence-electron chi connectivity index (χ3n) is 1.99. The Morgan fingerprint density at radius 2 is 2.13 bits per heavy atom. The van der Waals surface area contributed by atoms with Crippen LogP contribution in [0.5, 0.6) is 0 Å². The summed E-state index contributed by atoms with van der Waals surface area (Å²) in [7, 11) is -1.96. The van der Waals surface area contributed by atoms with E-state index in [4.69, 9.17) is 5.11 Å². The van der Waals surface area contributed by atoms with E-state index in [-0.39, 0.29) is 6.61 Å². The van der Waals surface area contributed by atoms with Crippen molar-refractivity contribution in [1.82, 2.24) is 0 Å². The van der Waals surface area contributed by atoms with E-state index in [0.717, 1.165) is 11.1 Å². The van der Waals surface area contributed by atoms with Gasteiger partial charge in [-0.25, -0.2) is 0 Å². The molecule has 82 valence electrons. The molecule has 0 spiro atoms. The lowest BCUT2D eigenvalue weighted by atomic mass is 10.1. The highest BCUT2D eigenvalue weighted by Gasteiger charge is 2.02. The number of aliphatic hydroxyl groups is 1. The molecule has 1 N–H and O–H groups in total. The maximum atomic E-state index is 11.4. The van der Waals surface area contributed by atoms with Crippen molar-refractivity contribution < 1.29 is 9.67 Å². The zero-order chi connectivity index (χ0) is 11.3. The first kappa shape index (κ1) is 12.2. The molecule has 0 radical (unpaired) electrons. The maximum absolute atomic E-state index is 11.4. The van der Waals surface area contributed by atoms with Gasteiger partial charge in [-0.3, -0.25) is 0 Å². The molecule has 0 aromatic heterocycles. The van der Waals surface area contributed by atoms with Crippen LogP contribution < -0.4 is 0 Å². The van der Waals surface area contributed by atoms with Gasteiger partial charge in [0.15, 0.2) is 0 Å². The third-order valence-corrected chi connectivity index (χ3v) is 3.08. The van der Waals surface area contributed by atoms with Gasteiger partial charge in [0, 0.05) is 6.16 Å². The average molecular weight is 224 g/mol. The minimum Gasteiger partial charge on any atom is -0.392 e. The molecule has 1 aromatic rings. The minimum atomic E-state index is -1.96. The Labute approximate surface area is 91.0 Å². The van der Waals surface area contributed by atoms with Gasteiger partial charge in [-0.05, 0) is 30.5 Å². The average Bonchev–Trinajstić information content (AvgIpc) is 2.16. The number of allylic oxidation sites excluding steroid dienone is 1. The Bertz CT molecular complexity index is 390. The number of rotatable bonds is 4. The van der Waals surface area contributed by atoms with Gasteiger partial charge in [0.1, 0.15) is 0 Å². The monoisotopic (exact) mass is 224 g/mol. The third kappa shape index (κ3) is 4.96. The van der Waals surface area contributed by atoms with Crippen LogP contribution in [0.25, 0.3) is 6.08 Å². The highest BCUT2D eigenvalue weighted by atomic mass is 31.2. The van der Waals surface area contributed by atoms with Crippen LogP contribution in [0.3, 0.4) is 0 Å². The van der Waals surface area contributed by atoms with Crippen LogP contribution in [0.4, 0.5) is 0 Å². The van der Waals surface area contributed by atoms with E-state index < -0.39 is 7.14 Å². The summed E-state index contributed by atoms with van der Waals surface area (Å²) < 4.78 is 11.4. The summed E-state index contributed by atoms with van der Waals surface area (Å²) in [4.78, 5) is 0. The summed E-state index contributed by atoms with van der Waals surface area (Å²) in [5.41, 5.74) is 1.93. The smallest absolute Gasteiger partial charge is 0.0855 e. The molecule has 15 heavy (non-hydrogen) atoms. The lowest BCUT2D eigenvalue weighted by Crippen LogP contribution is -1.84. The van der Waals surface area contributed by atoms with Crippen molar-refractivity contribution in [2.45, 2.75) is 6.61 Å². The van der Waals surface area contributed by atoms with Crippen molar-refractivity contribution in [1.29, 1.82) is 0 Å². The molecule has 3 heteroatoms. The van der Waals surface area contributed by atoms with E-state index in [1.54, 1.807) is 13.3 Å². The Balaban J connectivity index is 2.68. The lowest BCUT2D eigenvalue weighted by molar-refractivity contribution is 0.282. The molecule has 0 aliphatic carbocycles. The summed E-state index contributed by atoms with van der Waals surface area (Å²) in [5.74, 6) is 0. The van der Waals surface area contributed by atoms with Crippen LogP contribution >= 0.6 is 7.14 Å². The summed E-state index contributed by atoms with van der Waals surface area (Å²) in [6, 6.07) is 7.67. The van der Waals surface area contributed by atoms with Crippen LogP contribution in [0.15, 0.2) is 30.3 Å². The van der Waals surface area contributed by atoms with Crippen molar-refractivity contribution in [3.05, 3.63) is 41.5 Å². The van der Waals surface area contributed by atoms with Crippen LogP contribution in [0.2, 0.25) is 0 Å². The Kier molecular flexibility index (Phi) is 4.31. The highest BCUT2D eigenvalue weighted by molar-refractivity contribution is 7.62. The maximum Gasteiger partial charge on any atom is 0.0855 e. The largest absolute Gasteiger partial charge is 0.392 e. The van der Waals surface area contributed by atoms with Crippen LogP contribution in [-0.2, 0) is 11.2 Å². The summed E-state index contributed by atoms with van der Waals surface area (Å²) in [6.07, 6.45) is 4.49. The van der Waals surface area contributed by atoms with Crippen molar-refractivity contribution in [2.24, 2.45) is 0 Å². The SMILES string of the molecule is CP(C)(=O)C/C=C/c1cccc(CO)c1. The van der Waals surface area contributed by atoms with Gasteiger partial charge in [0.25, 0.3) is 0 Å². The standard InChI is InChI=1S/C12H17O2P/c1-15(2,14)8-4-7-11-5-3-6-12(9-11)10-13/h3-7,9,13H,8,10H2,1-2H3/b7-4+. The topological polar surface area (TPSA) is 37.3 Å². The molecule has 0 bridgehead atoms. The molecule has 1 rings (SSSR count). The molecule has 0 fully saturated rings. The normalized spacial score (nSPS) is 12.2. The molecule has 0 heterocycles. The number of aliphatic hydroxyl groups excluding tert-OH is 1. The second-order valence-corrected chi connectivity index (χ2v) is 7.57. The molecule has 0 unspecified atom stereocenters. The number of hydrogen-bond donors (Lipinski definition) is 1. The molecule has 0 saturated carbocycles. The van der Waals surface area contributed by atoms with Crippen molar-refractivity contribution >= 4 is 13.2 Å². The van der Waals surface area contributed by atoms with E-state index >= 15 is 0 Å². The van der Waals surface area contributed by atoms with Crippen molar-refractivity contribution in [3.8, 4) is 0 Å². The predicted molar refractivity (Wildman–Crippen MR) is 65.7 cm³/mol. The predicted octanol–water partition coefficient (Wildman–Crippen LogP) is 2.81. The number of benzene rings is 1. The van der Waals surface area contributed by atoms with Gasteiger partial charge in [-0.15, -0.1) is 0 Å². The molecule has 2 nitrogen and oxygen atoms in total. The minimum absolute atomic E-state index is 0.0573. The van der Waals surface area contributed by atoms with E-state index in [0.29, 0.717) is 6.16 Å². The fourth-order valence-electron chi connectivity index (χ4n) is 1.24. The van der Waals surface area contributed by atoms with E-state index in [9.17, 15) is 4.57 Å². The fraction of sp³-hybridized carbons (Fsp3) is 0.333. The lowest BCUT2D eigenvalue weighted by Gasteiger charge is -2.01. The first-order chi connectivity index (χ1) is 7.01. The van der Waals surface area contributed by atoms with Crippen LogP contribution in [0, 0.1) is 0 Å². The zero-order valence-corrected chi connectivity index (χ0v) is 10.1. The molecule has 0 amide bonds. The van der Waals surface area contributed by atoms with Gasteiger partial charge in [-0.2, -0.15) is 0 Å². The second kappa shape index (κ2) is 5.29. The van der Waals surface area contributed by atoms with Gasteiger partial charge >= 0.3 is 0 Å². The molecule has 0 aliphatic rings. The molecular weight excluding hydrogens is 207 g/mol. The molecular formula is C12H17O2P. The zero-order valence-electron chi connectivity index (χ0n) is 9.18. The van der Waals surface area contributed by atoms with Crippen molar-refractivity contribution in [3.63, 3.8) is 0 Å². The Hall–Kier alpha value is -0.850. The molecule has 0 aliphatic heterocycles. The second-order valence-electron chi connectivity index (χ2n) is 4.06. The first-order valence-corrected chi connectivity index (χ1v) is 7.70.